The Hall–Kier alpha value is -2.41. The van der Waals surface area contributed by atoms with E-state index < -0.39 is 0 Å². The second-order valence-corrected chi connectivity index (χ2v) is 8.21. The molecule has 1 aromatic carbocycles. The monoisotopic (exact) mass is 414 g/mol. The number of carbonyl (C=O) groups is 3. The molecule has 2 fully saturated rings. The predicted molar refractivity (Wildman–Crippen MR) is 117 cm³/mol. The number of nitrogens with one attached hydrogen (secondary N) is 1. The van der Waals surface area contributed by atoms with Crippen LogP contribution in [0.3, 0.4) is 0 Å². The van der Waals surface area contributed by atoms with E-state index in [0.29, 0.717) is 13.1 Å². The van der Waals surface area contributed by atoms with Gasteiger partial charge in [-0.2, -0.15) is 0 Å². The molecule has 1 N–H and O–H groups in total. The molecule has 164 valence electrons. The van der Waals surface area contributed by atoms with Crippen LogP contribution in [0.5, 0.6) is 0 Å². The number of piperazine rings is 1. The summed E-state index contributed by atoms with van der Waals surface area (Å²) in [5, 5.41) is 2.99. The number of para-hydroxylation sites is 1. The van der Waals surface area contributed by atoms with Crippen LogP contribution in [0, 0.1) is 11.8 Å². The van der Waals surface area contributed by atoms with Gasteiger partial charge in [0, 0.05) is 63.8 Å². The third-order valence-electron chi connectivity index (χ3n) is 6.31. The maximum absolute atomic E-state index is 12.5. The molecule has 0 bridgehead atoms. The molecule has 7 nitrogen and oxygen atoms in total. The minimum Gasteiger partial charge on any atom is -0.355 e. The average Bonchev–Trinajstić information content (AvgIpc) is 3.17. The summed E-state index contributed by atoms with van der Waals surface area (Å²) in [4.78, 5) is 43.3. The number of benzene rings is 1. The maximum Gasteiger partial charge on any atom is 0.227 e. The van der Waals surface area contributed by atoms with E-state index in [4.69, 9.17) is 0 Å². The molecule has 1 atom stereocenters. The van der Waals surface area contributed by atoms with E-state index in [1.54, 1.807) is 4.90 Å². The van der Waals surface area contributed by atoms with Gasteiger partial charge in [0.15, 0.2) is 0 Å². The lowest BCUT2D eigenvalue weighted by molar-refractivity contribution is -0.137. The number of hydrogen-bond acceptors (Lipinski definition) is 4. The predicted octanol–water partition coefficient (Wildman–Crippen LogP) is 1.74. The third-order valence-corrected chi connectivity index (χ3v) is 6.31. The minimum absolute atomic E-state index is 0.000369. The molecule has 30 heavy (non-hydrogen) atoms. The van der Waals surface area contributed by atoms with Crippen molar-refractivity contribution in [3.63, 3.8) is 0 Å². The van der Waals surface area contributed by atoms with Crippen LogP contribution in [0.2, 0.25) is 0 Å². The van der Waals surface area contributed by atoms with Crippen LogP contribution in [0.1, 0.15) is 33.1 Å². The molecule has 3 amide bonds. The fraction of sp³-hybridized carbons (Fsp3) is 0.609. The summed E-state index contributed by atoms with van der Waals surface area (Å²) in [5.41, 5.74) is 0.846. The van der Waals surface area contributed by atoms with Crippen LogP contribution in [-0.4, -0.2) is 73.3 Å². The zero-order chi connectivity index (χ0) is 21.5. The van der Waals surface area contributed by atoms with Gasteiger partial charge in [0.25, 0.3) is 0 Å². The van der Waals surface area contributed by atoms with E-state index in [0.717, 1.165) is 51.3 Å². The number of hydrogen-bond donors (Lipinski definition) is 1. The Morgan fingerprint density at radius 3 is 2.37 bits per heavy atom. The highest BCUT2D eigenvalue weighted by atomic mass is 16.2. The highest BCUT2D eigenvalue weighted by Gasteiger charge is 2.35. The van der Waals surface area contributed by atoms with Gasteiger partial charge in [-0.3, -0.25) is 19.3 Å². The van der Waals surface area contributed by atoms with Gasteiger partial charge in [-0.15, -0.1) is 0 Å². The largest absolute Gasteiger partial charge is 0.355 e. The first-order valence-corrected chi connectivity index (χ1v) is 11.2. The maximum atomic E-state index is 12.5. The number of rotatable bonds is 8. The summed E-state index contributed by atoms with van der Waals surface area (Å²) >= 11 is 0. The van der Waals surface area contributed by atoms with Gasteiger partial charge in [-0.1, -0.05) is 32.0 Å². The van der Waals surface area contributed by atoms with Crippen molar-refractivity contribution < 1.29 is 14.4 Å². The Bertz CT molecular complexity index is 727. The third kappa shape index (κ3) is 5.39. The van der Waals surface area contributed by atoms with Crippen molar-refractivity contribution in [3.8, 4) is 0 Å². The van der Waals surface area contributed by atoms with Crippen molar-refractivity contribution in [1.29, 1.82) is 0 Å². The van der Waals surface area contributed by atoms with Crippen molar-refractivity contribution in [2.45, 2.75) is 33.1 Å². The summed E-state index contributed by atoms with van der Waals surface area (Å²) in [7, 11) is 0. The second kappa shape index (κ2) is 10.6. The normalized spacial score (nSPS) is 20.1. The SMILES string of the molecule is CCC(CC)C(=O)N1CCN(CCNC(=O)C2CC(=O)N(c3ccccc3)C2)CC1. The van der Waals surface area contributed by atoms with Crippen molar-refractivity contribution in [2.24, 2.45) is 11.8 Å². The molecule has 2 saturated heterocycles. The summed E-state index contributed by atoms with van der Waals surface area (Å²) in [6.45, 7) is 9.10. The molecule has 1 unspecified atom stereocenters. The highest BCUT2D eigenvalue weighted by molar-refractivity contribution is 6.00. The molecular formula is C23H34N4O3. The van der Waals surface area contributed by atoms with Crippen molar-refractivity contribution in [1.82, 2.24) is 15.1 Å². The summed E-state index contributed by atoms with van der Waals surface area (Å²) in [6.07, 6.45) is 2.05. The van der Waals surface area contributed by atoms with Crippen LogP contribution >= 0.6 is 0 Å². The zero-order valence-electron chi connectivity index (χ0n) is 18.2. The average molecular weight is 415 g/mol. The lowest BCUT2D eigenvalue weighted by Crippen LogP contribution is -2.51. The minimum atomic E-state index is -0.299. The molecule has 7 heteroatoms. The van der Waals surface area contributed by atoms with Crippen molar-refractivity contribution in [3.05, 3.63) is 30.3 Å². The molecule has 0 aliphatic carbocycles. The molecule has 1 aromatic rings. The van der Waals surface area contributed by atoms with E-state index >= 15 is 0 Å². The van der Waals surface area contributed by atoms with Crippen LogP contribution < -0.4 is 10.2 Å². The van der Waals surface area contributed by atoms with E-state index in [2.05, 4.69) is 24.1 Å². The number of anilines is 1. The van der Waals surface area contributed by atoms with Gasteiger partial charge in [0.05, 0.1) is 5.92 Å². The Balaban J connectivity index is 1.38. The van der Waals surface area contributed by atoms with E-state index in [1.807, 2.05) is 35.2 Å². The highest BCUT2D eigenvalue weighted by Crippen LogP contribution is 2.24. The Labute approximate surface area is 179 Å². The zero-order valence-corrected chi connectivity index (χ0v) is 18.2. The quantitative estimate of drug-likeness (QED) is 0.703. The first-order valence-electron chi connectivity index (χ1n) is 11.2. The second-order valence-electron chi connectivity index (χ2n) is 8.21. The van der Waals surface area contributed by atoms with Crippen LogP contribution in [-0.2, 0) is 14.4 Å². The lowest BCUT2D eigenvalue weighted by atomic mass is 10.0. The molecular weight excluding hydrogens is 380 g/mol. The van der Waals surface area contributed by atoms with Gasteiger partial charge in [-0.05, 0) is 25.0 Å². The summed E-state index contributed by atoms with van der Waals surface area (Å²) in [5.74, 6) is 0.0679. The molecule has 0 spiro atoms. The van der Waals surface area contributed by atoms with Crippen molar-refractivity contribution in [2.75, 3.05) is 50.7 Å². The van der Waals surface area contributed by atoms with Gasteiger partial charge in [0.2, 0.25) is 17.7 Å². The van der Waals surface area contributed by atoms with Gasteiger partial charge in [-0.25, -0.2) is 0 Å². The molecule has 2 aliphatic rings. The summed E-state index contributed by atoms with van der Waals surface area (Å²) < 4.78 is 0. The Morgan fingerprint density at radius 2 is 1.73 bits per heavy atom. The Kier molecular flexibility index (Phi) is 7.85. The standard InChI is InChI=1S/C23H34N4O3/c1-3-18(4-2)23(30)26-14-12-25(13-15-26)11-10-24-22(29)19-16-21(28)27(17-19)20-8-6-5-7-9-20/h5-9,18-19H,3-4,10-17H2,1-2H3,(H,24,29). The molecule has 0 aromatic heterocycles. The fourth-order valence-corrected chi connectivity index (χ4v) is 4.31. The first-order chi connectivity index (χ1) is 14.5. The molecule has 3 rings (SSSR count). The van der Waals surface area contributed by atoms with Crippen LogP contribution in [0.15, 0.2) is 30.3 Å². The van der Waals surface area contributed by atoms with Crippen LogP contribution in [0.4, 0.5) is 5.69 Å². The molecule has 2 aliphatic heterocycles. The van der Waals surface area contributed by atoms with E-state index in [-0.39, 0.29) is 36.0 Å². The first kappa shape index (κ1) is 22.3. The van der Waals surface area contributed by atoms with E-state index in [1.165, 1.54) is 0 Å². The fourth-order valence-electron chi connectivity index (χ4n) is 4.31. The number of nitrogens with zero attached hydrogens (tertiary/aromatic N) is 3. The van der Waals surface area contributed by atoms with Crippen LogP contribution in [0.25, 0.3) is 0 Å². The Morgan fingerprint density at radius 1 is 1.07 bits per heavy atom. The van der Waals surface area contributed by atoms with Gasteiger partial charge >= 0.3 is 0 Å². The molecule has 2 heterocycles. The molecule has 0 radical (unpaired) electrons. The number of amides is 3. The lowest BCUT2D eigenvalue weighted by Gasteiger charge is -2.36. The van der Waals surface area contributed by atoms with Crippen molar-refractivity contribution >= 4 is 23.4 Å². The topological polar surface area (TPSA) is 73.0 Å². The van der Waals surface area contributed by atoms with Gasteiger partial charge < -0.3 is 15.1 Å². The smallest absolute Gasteiger partial charge is 0.227 e. The number of carbonyl (C=O) groups excluding carboxylic acids is 3. The summed E-state index contributed by atoms with van der Waals surface area (Å²) in [6, 6.07) is 9.50. The van der Waals surface area contributed by atoms with E-state index in [9.17, 15) is 14.4 Å². The molecule has 0 saturated carbocycles. The van der Waals surface area contributed by atoms with Gasteiger partial charge in [0.1, 0.15) is 0 Å².